The Morgan fingerprint density at radius 2 is 1.94 bits per heavy atom. The Kier molecular flexibility index (Phi) is 6.84. The average molecular weight is 494 g/mol. The highest BCUT2D eigenvalue weighted by atomic mass is 35.5. The van der Waals surface area contributed by atoms with Crippen molar-refractivity contribution in [3.05, 3.63) is 64.2 Å². The van der Waals surface area contributed by atoms with Gasteiger partial charge in [0.25, 0.3) is 5.91 Å². The molecule has 0 saturated carbocycles. The number of carbonyl (C=O) groups excluding carboxylic acids is 2. The number of rotatable bonds is 4. The van der Waals surface area contributed by atoms with Crippen LogP contribution in [0.4, 0.5) is 5.69 Å². The molecule has 2 saturated heterocycles. The maximum atomic E-state index is 13.3. The number of benzene rings is 2. The summed E-state index contributed by atoms with van der Waals surface area (Å²) in [6.45, 7) is 5.79. The Morgan fingerprint density at radius 3 is 2.60 bits per heavy atom. The SMILES string of the molecule is C[C@@H]1C[C@H](N2C(=N)N[C@](C)(c3cccc(NC(=O)c4cccc(C#N)c4)c3Cl)CC2=O)C[C@H](C)O1. The molecule has 2 aromatic carbocycles. The third kappa shape index (κ3) is 5.02. The standard InChI is InChI=1S/C26H28ClN5O3/c1-15-10-19(11-16(2)35-15)32-22(33)13-26(3,31-25(32)29)20-8-5-9-21(23(20)27)30-24(34)18-7-4-6-17(12-18)14-28/h4-9,12,15-16,19H,10-11,13H2,1-3H3,(H2,29,31)(H,30,34)/t15-,16+,19+,26-/m0/s1. The van der Waals surface area contributed by atoms with Gasteiger partial charge < -0.3 is 15.4 Å². The zero-order chi connectivity index (χ0) is 25.3. The molecule has 9 heteroatoms. The van der Waals surface area contributed by atoms with Crippen molar-refractivity contribution in [2.24, 2.45) is 0 Å². The van der Waals surface area contributed by atoms with E-state index in [1.54, 1.807) is 41.3 Å². The fourth-order valence-corrected chi connectivity index (χ4v) is 5.37. The van der Waals surface area contributed by atoms with E-state index in [4.69, 9.17) is 27.0 Å². The maximum Gasteiger partial charge on any atom is 0.255 e. The Labute approximate surface area is 209 Å². The van der Waals surface area contributed by atoms with Crippen molar-refractivity contribution >= 4 is 35.1 Å². The summed E-state index contributed by atoms with van der Waals surface area (Å²) >= 11 is 6.72. The van der Waals surface area contributed by atoms with Crippen molar-refractivity contribution in [3.8, 4) is 6.07 Å². The molecule has 0 unspecified atom stereocenters. The molecule has 4 rings (SSSR count). The second kappa shape index (κ2) is 9.68. The van der Waals surface area contributed by atoms with E-state index in [1.165, 1.54) is 6.07 Å². The van der Waals surface area contributed by atoms with Crippen molar-refractivity contribution in [3.63, 3.8) is 0 Å². The molecule has 182 valence electrons. The lowest BCUT2D eigenvalue weighted by Gasteiger charge is -2.46. The van der Waals surface area contributed by atoms with E-state index in [0.717, 1.165) is 0 Å². The predicted molar refractivity (Wildman–Crippen MR) is 133 cm³/mol. The smallest absolute Gasteiger partial charge is 0.255 e. The van der Waals surface area contributed by atoms with Crippen molar-refractivity contribution in [2.45, 2.75) is 63.8 Å². The summed E-state index contributed by atoms with van der Waals surface area (Å²) < 4.78 is 5.80. The third-order valence-corrected chi connectivity index (χ3v) is 6.95. The van der Waals surface area contributed by atoms with Gasteiger partial charge in [-0.3, -0.25) is 19.9 Å². The molecule has 8 nitrogen and oxygen atoms in total. The van der Waals surface area contributed by atoms with Crippen molar-refractivity contribution in [2.75, 3.05) is 5.32 Å². The van der Waals surface area contributed by atoms with Gasteiger partial charge in [0.1, 0.15) is 0 Å². The minimum atomic E-state index is -0.925. The Hall–Kier alpha value is -3.41. The molecule has 2 aromatic rings. The van der Waals surface area contributed by atoms with Crippen LogP contribution in [0.25, 0.3) is 0 Å². The van der Waals surface area contributed by atoms with Crippen LogP contribution < -0.4 is 10.6 Å². The third-order valence-electron chi connectivity index (χ3n) is 6.54. The van der Waals surface area contributed by atoms with Gasteiger partial charge in [0.15, 0.2) is 5.96 Å². The first-order chi connectivity index (χ1) is 16.6. The summed E-state index contributed by atoms with van der Waals surface area (Å²) in [6.07, 6.45) is 1.48. The molecule has 0 radical (unpaired) electrons. The van der Waals surface area contributed by atoms with Crippen LogP contribution in [0.3, 0.4) is 0 Å². The van der Waals surface area contributed by atoms with Crippen LogP contribution in [0, 0.1) is 16.7 Å². The van der Waals surface area contributed by atoms with Gasteiger partial charge in [-0.05, 0) is 63.4 Å². The second-order valence-electron chi connectivity index (χ2n) is 9.44. The van der Waals surface area contributed by atoms with E-state index in [2.05, 4.69) is 10.6 Å². The summed E-state index contributed by atoms with van der Waals surface area (Å²) in [5, 5.41) is 24.0. The number of nitrogens with one attached hydrogen (secondary N) is 3. The molecule has 2 heterocycles. The van der Waals surface area contributed by atoms with E-state index < -0.39 is 11.4 Å². The normalized spacial score (nSPS) is 26.6. The second-order valence-corrected chi connectivity index (χ2v) is 9.82. The van der Waals surface area contributed by atoms with Gasteiger partial charge in [-0.25, -0.2) is 0 Å². The highest BCUT2D eigenvalue weighted by Gasteiger charge is 2.44. The number of halogens is 1. The first-order valence-corrected chi connectivity index (χ1v) is 11.9. The number of anilines is 1. The Bertz CT molecular complexity index is 1200. The van der Waals surface area contributed by atoms with Crippen LogP contribution in [0.15, 0.2) is 42.5 Å². The number of hydrogen-bond acceptors (Lipinski definition) is 5. The van der Waals surface area contributed by atoms with Gasteiger partial charge in [-0.15, -0.1) is 0 Å². The highest BCUT2D eigenvalue weighted by Crippen LogP contribution is 2.39. The number of amides is 2. The minimum Gasteiger partial charge on any atom is -0.375 e. The molecule has 0 aliphatic carbocycles. The lowest BCUT2D eigenvalue weighted by molar-refractivity contribution is -0.136. The van der Waals surface area contributed by atoms with Crippen LogP contribution in [-0.2, 0) is 15.1 Å². The van der Waals surface area contributed by atoms with Crippen LogP contribution in [0.1, 0.15) is 61.5 Å². The van der Waals surface area contributed by atoms with Crippen LogP contribution in [-0.4, -0.2) is 40.9 Å². The predicted octanol–water partition coefficient (Wildman–Crippen LogP) is 4.39. The summed E-state index contributed by atoms with van der Waals surface area (Å²) in [6, 6.07) is 13.5. The first-order valence-electron chi connectivity index (χ1n) is 11.6. The molecular formula is C26H28ClN5O3. The average Bonchev–Trinajstić information content (AvgIpc) is 2.79. The molecule has 0 aromatic heterocycles. The number of nitrogens with zero attached hydrogens (tertiary/aromatic N) is 2. The molecule has 2 aliphatic rings. The zero-order valence-corrected chi connectivity index (χ0v) is 20.6. The topological polar surface area (TPSA) is 118 Å². The lowest BCUT2D eigenvalue weighted by atomic mass is 9.85. The number of carbonyl (C=O) groups is 2. The molecule has 0 spiro atoms. The van der Waals surface area contributed by atoms with Gasteiger partial charge in [0, 0.05) is 11.6 Å². The molecule has 2 amide bonds. The van der Waals surface area contributed by atoms with Gasteiger partial charge >= 0.3 is 0 Å². The lowest BCUT2D eigenvalue weighted by Crippen LogP contribution is -2.63. The largest absolute Gasteiger partial charge is 0.375 e. The van der Waals surface area contributed by atoms with Gasteiger partial charge in [0.2, 0.25) is 5.91 Å². The van der Waals surface area contributed by atoms with Crippen molar-refractivity contribution in [1.82, 2.24) is 10.2 Å². The van der Waals surface area contributed by atoms with Crippen LogP contribution in [0.5, 0.6) is 0 Å². The van der Waals surface area contributed by atoms with Gasteiger partial charge in [-0.2, -0.15) is 5.26 Å². The number of guanidine groups is 1. The number of ether oxygens (including phenoxy) is 1. The fourth-order valence-electron chi connectivity index (χ4n) is 4.99. The summed E-state index contributed by atoms with van der Waals surface area (Å²) in [7, 11) is 0. The molecule has 0 bridgehead atoms. The molecule has 3 N–H and O–H groups in total. The molecule has 4 atom stereocenters. The molecular weight excluding hydrogens is 466 g/mol. The van der Waals surface area contributed by atoms with E-state index in [0.29, 0.717) is 35.2 Å². The first kappa shape index (κ1) is 24.7. The van der Waals surface area contributed by atoms with E-state index in [-0.39, 0.29) is 41.6 Å². The Morgan fingerprint density at radius 1 is 1.26 bits per heavy atom. The number of hydrogen-bond donors (Lipinski definition) is 3. The van der Waals surface area contributed by atoms with E-state index >= 15 is 0 Å². The summed E-state index contributed by atoms with van der Waals surface area (Å²) in [4.78, 5) is 27.6. The number of nitriles is 1. The van der Waals surface area contributed by atoms with E-state index in [1.807, 2.05) is 26.8 Å². The zero-order valence-electron chi connectivity index (χ0n) is 19.9. The summed E-state index contributed by atoms with van der Waals surface area (Å²) in [5.41, 5.74) is 0.777. The quantitative estimate of drug-likeness (QED) is 0.583. The molecule has 35 heavy (non-hydrogen) atoms. The van der Waals surface area contributed by atoms with Gasteiger partial charge in [-0.1, -0.05) is 29.8 Å². The van der Waals surface area contributed by atoms with Gasteiger partial charge in [0.05, 0.1) is 46.5 Å². The highest BCUT2D eigenvalue weighted by molar-refractivity contribution is 6.35. The van der Waals surface area contributed by atoms with Crippen molar-refractivity contribution in [1.29, 1.82) is 10.7 Å². The summed E-state index contributed by atoms with van der Waals surface area (Å²) in [5.74, 6) is -0.518. The van der Waals surface area contributed by atoms with Crippen molar-refractivity contribution < 1.29 is 14.3 Å². The monoisotopic (exact) mass is 493 g/mol. The molecule has 2 aliphatic heterocycles. The fraction of sp³-hybridized carbons (Fsp3) is 0.385. The minimum absolute atomic E-state index is 0.0150. The van der Waals surface area contributed by atoms with E-state index in [9.17, 15) is 9.59 Å². The van der Waals surface area contributed by atoms with Crippen LogP contribution in [0.2, 0.25) is 5.02 Å². The molecule has 2 fully saturated rings. The Balaban J connectivity index is 1.56. The maximum absolute atomic E-state index is 13.3. The van der Waals surface area contributed by atoms with Crippen LogP contribution >= 0.6 is 11.6 Å².